The fraction of sp³-hybridized carbons (Fsp3) is 0.125. The van der Waals surface area contributed by atoms with E-state index in [9.17, 15) is 4.39 Å². The summed E-state index contributed by atoms with van der Waals surface area (Å²) in [6.07, 6.45) is 0. The van der Waals surface area contributed by atoms with Crippen LogP contribution in [0.5, 0.6) is 0 Å². The third kappa shape index (κ3) is 1.09. The van der Waals surface area contributed by atoms with Crippen LogP contribution in [0.2, 0.25) is 0 Å². The van der Waals surface area contributed by atoms with Gasteiger partial charge in [0.05, 0.1) is 4.70 Å². The van der Waals surface area contributed by atoms with E-state index in [0.29, 0.717) is 12.1 Å². The fourth-order valence-corrected chi connectivity index (χ4v) is 1.91. The SMILES string of the molecule is NCc1nc2c(F)cccc2s1. The van der Waals surface area contributed by atoms with Gasteiger partial charge in [-0.1, -0.05) is 6.07 Å². The van der Waals surface area contributed by atoms with Gasteiger partial charge >= 0.3 is 0 Å². The van der Waals surface area contributed by atoms with Crippen LogP contribution >= 0.6 is 11.3 Å². The van der Waals surface area contributed by atoms with E-state index >= 15 is 0 Å². The molecule has 0 amide bonds. The highest BCUT2D eigenvalue weighted by Gasteiger charge is 2.05. The lowest BCUT2D eigenvalue weighted by molar-refractivity contribution is 0.637. The van der Waals surface area contributed by atoms with Crippen molar-refractivity contribution in [3.8, 4) is 0 Å². The van der Waals surface area contributed by atoms with E-state index in [1.54, 1.807) is 6.07 Å². The Kier molecular flexibility index (Phi) is 1.78. The van der Waals surface area contributed by atoms with Crippen LogP contribution in [0.4, 0.5) is 4.39 Å². The molecule has 0 atom stereocenters. The van der Waals surface area contributed by atoms with E-state index in [4.69, 9.17) is 5.73 Å². The van der Waals surface area contributed by atoms with E-state index in [1.807, 2.05) is 6.07 Å². The lowest BCUT2D eigenvalue weighted by Crippen LogP contribution is -1.94. The van der Waals surface area contributed by atoms with E-state index in [1.165, 1.54) is 17.4 Å². The molecule has 0 bridgehead atoms. The maximum Gasteiger partial charge on any atom is 0.150 e. The van der Waals surface area contributed by atoms with Crippen molar-refractivity contribution in [2.24, 2.45) is 5.73 Å². The van der Waals surface area contributed by atoms with Gasteiger partial charge in [0.1, 0.15) is 16.3 Å². The quantitative estimate of drug-likeness (QED) is 0.731. The zero-order valence-corrected chi connectivity index (χ0v) is 7.07. The molecule has 62 valence electrons. The minimum absolute atomic E-state index is 0.275. The molecule has 2 rings (SSSR count). The first-order valence-electron chi connectivity index (χ1n) is 3.55. The Labute approximate surface area is 72.8 Å². The Morgan fingerprint density at radius 2 is 2.33 bits per heavy atom. The molecule has 4 heteroatoms. The molecule has 0 spiro atoms. The lowest BCUT2D eigenvalue weighted by Gasteiger charge is -1.86. The topological polar surface area (TPSA) is 38.9 Å². The number of thiazole rings is 1. The van der Waals surface area contributed by atoms with Crippen LogP contribution in [0.1, 0.15) is 5.01 Å². The molecule has 2 N–H and O–H groups in total. The van der Waals surface area contributed by atoms with Crippen molar-refractivity contribution in [2.45, 2.75) is 6.54 Å². The van der Waals surface area contributed by atoms with Gasteiger partial charge in [-0.25, -0.2) is 9.37 Å². The van der Waals surface area contributed by atoms with Gasteiger partial charge in [-0.05, 0) is 12.1 Å². The first-order chi connectivity index (χ1) is 5.81. The van der Waals surface area contributed by atoms with Crippen molar-refractivity contribution in [1.29, 1.82) is 0 Å². The summed E-state index contributed by atoms with van der Waals surface area (Å²) >= 11 is 1.44. The predicted molar refractivity (Wildman–Crippen MR) is 47.5 cm³/mol. The summed E-state index contributed by atoms with van der Waals surface area (Å²) in [6, 6.07) is 4.92. The molecule has 1 aromatic carbocycles. The Balaban J connectivity index is 2.74. The standard InChI is InChI=1S/C8H7FN2S/c9-5-2-1-3-6-8(5)11-7(4-10)12-6/h1-3H,4,10H2. The van der Waals surface area contributed by atoms with Crippen molar-refractivity contribution < 1.29 is 4.39 Å². The van der Waals surface area contributed by atoms with Crippen molar-refractivity contribution >= 4 is 21.6 Å². The highest BCUT2D eigenvalue weighted by atomic mass is 32.1. The van der Waals surface area contributed by atoms with Crippen LogP contribution in [0.3, 0.4) is 0 Å². The molecule has 0 saturated heterocycles. The smallest absolute Gasteiger partial charge is 0.150 e. The zero-order chi connectivity index (χ0) is 8.55. The van der Waals surface area contributed by atoms with E-state index in [2.05, 4.69) is 4.98 Å². The van der Waals surface area contributed by atoms with Gasteiger partial charge < -0.3 is 5.73 Å². The van der Waals surface area contributed by atoms with Crippen LogP contribution in [0.25, 0.3) is 10.2 Å². The number of aromatic nitrogens is 1. The maximum absolute atomic E-state index is 13.0. The van der Waals surface area contributed by atoms with Gasteiger partial charge in [0.15, 0.2) is 0 Å². The van der Waals surface area contributed by atoms with Crippen LogP contribution < -0.4 is 5.73 Å². The summed E-state index contributed by atoms with van der Waals surface area (Å²) < 4.78 is 13.9. The van der Waals surface area contributed by atoms with Gasteiger partial charge in [-0.15, -0.1) is 11.3 Å². The molecule has 0 radical (unpaired) electrons. The number of nitrogens with two attached hydrogens (primary N) is 1. The van der Waals surface area contributed by atoms with Gasteiger partial charge in [-0.2, -0.15) is 0 Å². The minimum Gasteiger partial charge on any atom is -0.325 e. The van der Waals surface area contributed by atoms with Gasteiger partial charge in [0.25, 0.3) is 0 Å². The highest BCUT2D eigenvalue weighted by molar-refractivity contribution is 7.18. The van der Waals surface area contributed by atoms with Gasteiger partial charge in [-0.3, -0.25) is 0 Å². The van der Waals surface area contributed by atoms with Crippen LogP contribution in [-0.4, -0.2) is 4.98 Å². The van der Waals surface area contributed by atoms with Crippen molar-refractivity contribution in [1.82, 2.24) is 4.98 Å². The molecule has 2 nitrogen and oxygen atoms in total. The molecular formula is C8H7FN2S. The largest absolute Gasteiger partial charge is 0.325 e. The number of para-hydroxylation sites is 1. The summed E-state index contributed by atoms with van der Waals surface area (Å²) in [4.78, 5) is 4.05. The second-order valence-electron chi connectivity index (χ2n) is 2.40. The Morgan fingerprint density at radius 3 is 3.00 bits per heavy atom. The summed E-state index contributed by atoms with van der Waals surface area (Å²) in [5.41, 5.74) is 5.82. The number of hydrogen-bond donors (Lipinski definition) is 1. The third-order valence-electron chi connectivity index (χ3n) is 1.59. The number of hydrogen-bond acceptors (Lipinski definition) is 3. The Bertz CT molecular complexity index is 410. The van der Waals surface area contributed by atoms with Gasteiger partial charge in [0, 0.05) is 6.54 Å². The number of nitrogens with zero attached hydrogens (tertiary/aromatic N) is 1. The molecule has 0 aliphatic carbocycles. The molecular weight excluding hydrogens is 175 g/mol. The Morgan fingerprint density at radius 1 is 1.50 bits per heavy atom. The molecule has 1 heterocycles. The summed E-state index contributed by atoms with van der Waals surface area (Å²) in [5, 5.41) is 0.773. The maximum atomic E-state index is 13.0. The molecule has 2 aromatic rings. The highest BCUT2D eigenvalue weighted by Crippen LogP contribution is 2.23. The van der Waals surface area contributed by atoms with Crippen LogP contribution in [-0.2, 0) is 6.54 Å². The number of benzene rings is 1. The first kappa shape index (κ1) is 7.64. The monoisotopic (exact) mass is 182 g/mol. The second kappa shape index (κ2) is 2.80. The first-order valence-corrected chi connectivity index (χ1v) is 4.37. The van der Waals surface area contributed by atoms with Crippen molar-refractivity contribution in [3.63, 3.8) is 0 Å². The summed E-state index contributed by atoms with van der Waals surface area (Å²) in [7, 11) is 0. The molecule has 0 aliphatic rings. The Hall–Kier alpha value is -1.000. The van der Waals surface area contributed by atoms with Crippen LogP contribution in [0.15, 0.2) is 18.2 Å². The average Bonchev–Trinajstić information content (AvgIpc) is 2.49. The minimum atomic E-state index is -0.275. The molecule has 0 unspecified atom stereocenters. The molecule has 1 aromatic heterocycles. The molecule has 0 saturated carbocycles. The van der Waals surface area contributed by atoms with Crippen molar-refractivity contribution in [2.75, 3.05) is 0 Å². The van der Waals surface area contributed by atoms with E-state index in [-0.39, 0.29) is 5.82 Å². The summed E-state index contributed by atoms with van der Waals surface area (Å²) in [5.74, 6) is -0.275. The lowest BCUT2D eigenvalue weighted by atomic mass is 10.3. The van der Waals surface area contributed by atoms with E-state index < -0.39 is 0 Å². The fourth-order valence-electron chi connectivity index (χ4n) is 1.05. The molecule has 12 heavy (non-hydrogen) atoms. The van der Waals surface area contributed by atoms with E-state index in [0.717, 1.165) is 9.71 Å². The molecule has 0 fully saturated rings. The number of fused-ring (bicyclic) bond motifs is 1. The molecule has 0 aliphatic heterocycles. The number of rotatable bonds is 1. The normalized spacial score (nSPS) is 10.8. The van der Waals surface area contributed by atoms with Gasteiger partial charge in [0.2, 0.25) is 0 Å². The predicted octanol–water partition coefficient (Wildman–Crippen LogP) is 1.89. The number of halogens is 1. The summed E-state index contributed by atoms with van der Waals surface area (Å²) in [6.45, 7) is 0.374. The zero-order valence-electron chi connectivity index (χ0n) is 6.25. The third-order valence-corrected chi connectivity index (χ3v) is 2.63. The second-order valence-corrected chi connectivity index (χ2v) is 3.51. The van der Waals surface area contributed by atoms with Crippen LogP contribution in [0, 0.1) is 5.82 Å². The average molecular weight is 182 g/mol. The van der Waals surface area contributed by atoms with Crippen molar-refractivity contribution in [3.05, 3.63) is 29.0 Å².